The Morgan fingerprint density at radius 3 is 2.20 bits per heavy atom. The number of hydrogen-bond donors (Lipinski definition) is 1. The van der Waals surface area contributed by atoms with Crippen LogP contribution < -0.4 is 0 Å². The van der Waals surface area contributed by atoms with Gasteiger partial charge in [-0.1, -0.05) is 34.1 Å². The van der Waals surface area contributed by atoms with Crippen LogP contribution in [0.25, 0.3) is 0 Å². The standard InChI is InChI=1S/C18H31NO/c1-5-15-6-8-17(13-19,9-7-15)18(20)11-10-16(3,4)12-14(18)2/h14-15,20H,5-12H2,1-4H3. The van der Waals surface area contributed by atoms with Gasteiger partial charge in [-0.2, -0.15) is 5.26 Å². The topological polar surface area (TPSA) is 44.0 Å². The molecule has 0 bridgehead atoms. The summed E-state index contributed by atoms with van der Waals surface area (Å²) in [7, 11) is 0. The lowest BCUT2D eigenvalue weighted by atomic mass is 9.52. The van der Waals surface area contributed by atoms with Gasteiger partial charge in [0.25, 0.3) is 0 Å². The molecule has 114 valence electrons. The Balaban J connectivity index is 2.21. The lowest BCUT2D eigenvalue weighted by molar-refractivity contribution is -0.152. The molecule has 2 atom stereocenters. The monoisotopic (exact) mass is 277 g/mol. The van der Waals surface area contributed by atoms with Crippen LogP contribution in [0.1, 0.15) is 79.1 Å². The van der Waals surface area contributed by atoms with E-state index in [1.807, 2.05) is 0 Å². The Labute approximate surface area is 124 Å². The van der Waals surface area contributed by atoms with Crippen LogP contribution in [0.5, 0.6) is 0 Å². The SMILES string of the molecule is CCC1CCC(C#N)(C2(O)CCC(C)(C)CC2C)CC1. The first kappa shape index (κ1) is 15.8. The first-order valence-electron chi connectivity index (χ1n) is 8.42. The molecule has 1 N–H and O–H groups in total. The lowest BCUT2D eigenvalue weighted by Crippen LogP contribution is -2.57. The van der Waals surface area contributed by atoms with Crippen molar-refractivity contribution in [3.8, 4) is 6.07 Å². The van der Waals surface area contributed by atoms with E-state index in [1.165, 1.54) is 6.42 Å². The molecule has 2 unspecified atom stereocenters. The van der Waals surface area contributed by atoms with Gasteiger partial charge in [0.15, 0.2) is 0 Å². The molecule has 2 heteroatoms. The number of nitriles is 1. The number of nitrogens with zero attached hydrogens (tertiary/aromatic N) is 1. The van der Waals surface area contributed by atoms with Crippen LogP contribution >= 0.6 is 0 Å². The molecule has 0 saturated heterocycles. The quantitative estimate of drug-likeness (QED) is 0.797. The molecule has 0 aromatic carbocycles. The summed E-state index contributed by atoms with van der Waals surface area (Å²) in [6, 6.07) is 2.58. The summed E-state index contributed by atoms with van der Waals surface area (Å²) in [6.45, 7) is 8.97. The van der Waals surface area contributed by atoms with Crippen molar-refractivity contribution < 1.29 is 5.11 Å². The van der Waals surface area contributed by atoms with E-state index in [0.29, 0.717) is 5.41 Å². The molecule has 0 amide bonds. The highest BCUT2D eigenvalue weighted by atomic mass is 16.3. The Kier molecular flexibility index (Phi) is 4.22. The second-order valence-corrected chi connectivity index (χ2v) is 8.24. The van der Waals surface area contributed by atoms with Crippen molar-refractivity contribution in [1.29, 1.82) is 5.26 Å². The van der Waals surface area contributed by atoms with Crippen LogP contribution in [0.15, 0.2) is 0 Å². The molecule has 2 fully saturated rings. The Morgan fingerprint density at radius 2 is 1.75 bits per heavy atom. The van der Waals surface area contributed by atoms with Gasteiger partial charge in [-0.15, -0.1) is 0 Å². The highest BCUT2D eigenvalue weighted by Gasteiger charge is 2.57. The minimum absolute atomic E-state index is 0.226. The van der Waals surface area contributed by atoms with Gasteiger partial charge in [-0.3, -0.25) is 0 Å². The summed E-state index contributed by atoms with van der Waals surface area (Å²) in [4.78, 5) is 0. The predicted octanol–water partition coefficient (Wildman–Crippen LogP) is 4.67. The maximum Gasteiger partial charge on any atom is 0.0863 e. The fraction of sp³-hybridized carbons (Fsp3) is 0.944. The zero-order chi connectivity index (χ0) is 15.0. The number of aliphatic hydroxyl groups is 1. The van der Waals surface area contributed by atoms with Gasteiger partial charge in [0.1, 0.15) is 0 Å². The number of rotatable bonds is 2. The second kappa shape index (κ2) is 5.34. The average Bonchev–Trinajstić information content (AvgIpc) is 2.43. The van der Waals surface area contributed by atoms with Gasteiger partial charge in [0.05, 0.1) is 17.1 Å². The van der Waals surface area contributed by atoms with E-state index in [1.54, 1.807) is 0 Å². The van der Waals surface area contributed by atoms with Crippen LogP contribution in [-0.2, 0) is 0 Å². The van der Waals surface area contributed by atoms with E-state index in [2.05, 4.69) is 33.8 Å². The molecule has 20 heavy (non-hydrogen) atoms. The van der Waals surface area contributed by atoms with Gasteiger partial charge in [-0.05, 0) is 62.2 Å². The molecule has 2 saturated carbocycles. The summed E-state index contributed by atoms with van der Waals surface area (Å²) in [6.07, 6.45) is 8.09. The first-order chi connectivity index (χ1) is 9.28. The van der Waals surface area contributed by atoms with Crippen LogP contribution in [0.3, 0.4) is 0 Å². The van der Waals surface area contributed by atoms with Crippen LogP contribution in [-0.4, -0.2) is 10.7 Å². The Morgan fingerprint density at radius 1 is 1.15 bits per heavy atom. The van der Waals surface area contributed by atoms with Gasteiger partial charge >= 0.3 is 0 Å². The summed E-state index contributed by atoms with van der Waals surface area (Å²) < 4.78 is 0. The molecule has 0 spiro atoms. The molecule has 2 rings (SSSR count). The van der Waals surface area contributed by atoms with Gasteiger partial charge in [0, 0.05) is 0 Å². The fourth-order valence-electron chi connectivity index (χ4n) is 4.81. The second-order valence-electron chi connectivity index (χ2n) is 8.24. The summed E-state index contributed by atoms with van der Waals surface area (Å²) in [5, 5.41) is 21.2. The summed E-state index contributed by atoms with van der Waals surface area (Å²) in [5.41, 5.74) is -0.951. The van der Waals surface area contributed by atoms with Crippen molar-refractivity contribution in [2.45, 2.75) is 84.7 Å². The molecule has 0 aliphatic heterocycles. The van der Waals surface area contributed by atoms with Crippen LogP contribution in [0.2, 0.25) is 0 Å². The average molecular weight is 277 g/mol. The van der Waals surface area contributed by atoms with Crippen molar-refractivity contribution in [2.75, 3.05) is 0 Å². The lowest BCUT2D eigenvalue weighted by Gasteiger charge is -2.54. The zero-order valence-corrected chi connectivity index (χ0v) is 13.7. The van der Waals surface area contributed by atoms with Gasteiger partial charge in [-0.25, -0.2) is 0 Å². The van der Waals surface area contributed by atoms with Gasteiger partial charge < -0.3 is 5.11 Å². The van der Waals surface area contributed by atoms with E-state index in [9.17, 15) is 10.4 Å². The minimum Gasteiger partial charge on any atom is -0.388 e. The molecular formula is C18H31NO. The largest absolute Gasteiger partial charge is 0.388 e. The van der Waals surface area contributed by atoms with Crippen molar-refractivity contribution in [3.63, 3.8) is 0 Å². The Hall–Kier alpha value is -0.550. The molecule has 2 aliphatic rings. The van der Waals surface area contributed by atoms with E-state index in [0.717, 1.165) is 50.9 Å². The summed E-state index contributed by atoms with van der Waals surface area (Å²) in [5.74, 6) is 0.986. The molecule has 0 heterocycles. The predicted molar refractivity (Wildman–Crippen MR) is 82.0 cm³/mol. The highest BCUT2D eigenvalue weighted by molar-refractivity contribution is 5.16. The molecular weight excluding hydrogens is 246 g/mol. The molecule has 0 aromatic rings. The first-order valence-corrected chi connectivity index (χ1v) is 8.42. The highest BCUT2D eigenvalue weighted by Crippen LogP contribution is 2.56. The van der Waals surface area contributed by atoms with Crippen LogP contribution in [0.4, 0.5) is 0 Å². The van der Waals surface area contributed by atoms with Crippen LogP contribution in [0, 0.1) is 34.0 Å². The smallest absolute Gasteiger partial charge is 0.0863 e. The Bertz CT molecular complexity index is 387. The van der Waals surface area contributed by atoms with Crippen molar-refractivity contribution in [2.24, 2.45) is 22.7 Å². The van der Waals surface area contributed by atoms with Crippen molar-refractivity contribution in [1.82, 2.24) is 0 Å². The molecule has 2 nitrogen and oxygen atoms in total. The fourth-order valence-corrected chi connectivity index (χ4v) is 4.81. The third-order valence-electron chi connectivity index (χ3n) is 6.44. The van der Waals surface area contributed by atoms with Crippen molar-refractivity contribution >= 4 is 0 Å². The van der Waals surface area contributed by atoms with Crippen molar-refractivity contribution in [3.05, 3.63) is 0 Å². The van der Waals surface area contributed by atoms with E-state index < -0.39 is 11.0 Å². The van der Waals surface area contributed by atoms with E-state index in [4.69, 9.17) is 0 Å². The normalized spacial score (nSPS) is 44.8. The van der Waals surface area contributed by atoms with E-state index >= 15 is 0 Å². The zero-order valence-electron chi connectivity index (χ0n) is 13.7. The maximum atomic E-state index is 11.4. The third-order valence-corrected chi connectivity index (χ3v) is 6.44. The molecule has 0 aromatic heterocycles. The van der Waals surface area contributed by atoms with E-state index in [-0.39, 0.29) is 5.92 Å². The maximum absolute atomic E-state index is 11.4. The van der Waals surface area contributed by atoms with Gasteiger partial charge in [0.2, 0.25) is 0 Å². The minimum atomic E-state index is -0.768. The molecule has 2 aliphatic carbocycles. The molecule has 0 radical (unpaired) electrons. The number of hydrogen-bond acceptors (Lipinski definition) is 2. The summed E-state index contributed by atoms with van der Waals surface area (Å²) >= 11 is 0. The third kappa shape index (κ3) is 2.50.